The van der Waals surface area contributed by atoms with Gasteiger partial charge in [0.2, 0.25) is 0 Å². The molecule has 0 spiro atoms. The maximum absolute atomic E-state index is 13.9. The Morgan fingerprint density at radius 1 is 1.17 bits per heavy atom. The minimum Gasteiger partial charge on any atom is -0.320 e. The third kappa shape index (κ3) is 2.86. The van der Waals surface area contributed by atoms with E-state index in [0.717, 1.165) is 5.56 Å². The van der Waals surface area contributed by atoms with Crippen molar-refractivity contribution in [1.82, 2.24) is 0 Å². The summed E-state index contributed by atoms with van der Waals surface area (Å²) in [4.78, 5) is 0. The number of halogens is 4. The van der Waals surface area contributed by atoms with E-state index in [2.05, 4.69) is 15.9 Å². The van der Waals surface area contributed by atoms with Crippen molar-refractivity contribution in [2.45, 2.75) is 6.04 Å². The number of benzene rings is 2. The molecule has 1 unspecified atom stereocenters. The predicted octanol–water partition coefficient (Wildman–Crippen LogP) is 4.94. The van der Waals surface area contributed by atoms with Crippen molar-refractivity contribution in [3.8, 4) is 0 Å². The van der Waals surface area contributed by atoms with Gasteiger partial charge in [-0.2, -0.15) is 0 Å². The maximum atomic E-state index is 13.9. The molecule has 2 aromatic carbocycles. The van der Waals surface area contributed by atoms with Gasteiger partial charge in [0.1, 0.15) is 5.82 Å². The molecule has 2 rings (SSSR count). The van der Waals surface area contributed by atoms with Gasteiger partial charge in [-0.3, -0.25) is 0 Å². The molecule has 94 valence electrons. The van der Waals surface area contributed by atoms with Crippen LogP contribution in [0.3, 0.4) is 0 Å². The summed E-state index contributed by atoms with van der Waals surface area (Å²) in [6.45, 7) is 0. The molecule has 18 heavy (non-hydrogen) atoms. The van der Waals surface area contributed by atoms with Gasteiger partial charge in [-0.05, 0) is 45.8 Å². The second-order valence-electron chi connectivity index (χ2n) is 3.82. The lowest BCUT2D eigenvalue weighted by Crippen LogP contribution is -2.13. The Morgan fingerprint density at radius 2 is 1.89 bits per heavy atom. The van der Waals surface area contributed by atoms with Crippen LogP contribution in [0.1, 0.15) is 17.2 Å². The maximum Gasteiger partial charge on any atom is 0.129 e. The lowest BCUT2D eigenvalue weighted by molar-refractivity contribution is 0.599. The SMILES string of the molecule is NC(c1cccc(Cl)c1)c1cc(Cl)c(Br)cc1F. The van der Waals surface area contributed by atoms with Gasteiger partial charge in [0.05, 0.1) is 11.1 Å². The van der Waals surface area contributed by atoms with Gasteiger partial charge >= 0.3 is 0 Å². The van der Waals surface area contributed by atoms with E-state index in [9.17, 15) is 4.39 Å². The lowest BCUT2D eigenvalue weighted by atomic mass is 9.99. The normalized spacial score (nSPS) is 12.5. The summed E-state index contributed by atoms with van der Waals surface area (Å²) in [6.07, 6.45) is 0. The van der Waals surface area contributed by atoms with Gasteiger partial charge in [-0.15, -0.1) is 0 Å². The van der Waals surface area contributed by atoms with E-state index in [-0.39, 0.29) is 0 Å². The Kier molecular flexibility index (Phi) is 4.28. The third-order valence-electron chi connectivity index (χ3n) is 2.58. The van der Waals surface area contributed by atoms with Crippen molar-refractivity contribution in [2.24, 2.45) is 5.73 Å². The Hall–Kier alpha value is -0.610. The highest BCUT2D eigenvalue weighted by atomic mass is 79.9. The van der Waals surface area contributed by atoms with Crippen molar-refractivity contribution in [3.63, 3.8) is 0 Å². The summed E-state index contributed by atoms with van der Waals surface area (Å²) in [5.41, 5.74) is 7.11. The van der Waals surface area contributed by atoms with E-state index < -0.39 is 11.9 Å². The van der Waals surface area contributed by atoms with Gasteiger partial charge < -0.3 is 5.73 Å². The molecule has 0 radical (unpaired) electrons. The van der Waals surface area contributed by atoms with Crippen LogP contribution < -0.4 is 5.73 Å². The van der Waals surface area contributed by atoms with Crippen molar-refractivity contribution in [1.29, 1.82) is 0 Å². The Balaban J connectivity index is 2.46. The molecule has 0 bridgehead atoms. The Labute approximate surface area is 123 Å². The molecule has 0 saturated heterocycles. The summed E-state index contributed by atoms with van der Waals surface area (Å²) in [5, 5.41) is 0.982. The van der Waals surface area contributed by atoms with Crippen molar-refractivity contribution >= 4 is 39.1 Å². The molecule has 0 amide bonds. The zero-order valence-corrected chi connectivity index (χ0v) is 12.2. The Morgan fingerprint density at radius 3 is 2.56 bits per heavy atom. The molecule has 5 heteroatoms. The second-order valence-corrected chi connectivity index (χ2v) is 5.52. The van der Waals surface area contributed by atoms with Crippen LogP contribution in [0.25, 0.3) is 0 Å². The van der Waals surface area contributed by atoms with Gasteiger partial charge in [-0.25, -0.2) is 4.39 Å². The molecule has 0 aromatic heterocycles. The molecule has 0 heterocycles. The third-order valence-corrected chi connectivity index (χ3v) is 4.01. The van der Waals surface area contributed by atoms with Crippen LogP contribution >= 0.6 is 39.1 Å². The highest BCUT2D eigenvalue weighted by molar-refractivity contribution is 9.10. The quantitative estimate of drug-likeness (QED) is 0.764. The average molecular weight is 349 g/mol. The van der Waals surface area contributed by atoms with Crippen LogP contribution in [-0.4, -0.2) is 0 Å². The zero-order valence-electron chi connectivity index (χ0n) is 9.13. The molecular formula is C13H9BrCl2FN. The number of hydrogen-bond donors (Lipinski definition) is 1. The molecule has 0 aliphatic heterocycles. The first-order valence-electron chi connectivity index (χ1n) is 5.14. The summed E-state index contributed by atoms with van der Waals surface area (Å²) in [7, 11) is 0. The molecule has 0 saturated carbocycles. The average Bonchev–Trinajstić information content (AvgIpc) is 2.33. The van der Waals surface area contributed by atoms with E-state index >= 15 is 0 Å². The zero-order chi connectivity index (χ0) is 13.3. The molecule has 0 fully saturated rings. The molecule has 2 N–H and O–H groups in total. The number of rotatable bonds is 2. The van der Waals surface area contributed by atoms with Gasteiger partial charge in [0, 0.05) is 15.1 Å². The highest BCUT2D eigenvalue weighted by Crippen LogP contribution is 2.31. The fourth-order valence-electron chi connectivity index (χ4n) is 1.66. The van der Waals surface area contributed by atoms with Gasteiger partial charge in [0.25, 0.3) is 0 Å². The van der Waals surface area contributed by atoms with E-state index in [0.29, 0.717) is 20.1 Å². The lowest BCUT2D eigenvalue weighted by Gasteiger charge is -2.14. The van der Waals surface area contributed by atoms with Crippen molar-refractivity contribution in [3.05, 3.63) is 67.9 Å². The van der Waals surface area contributed by atoms with Crippen LogP contribution in [0.2, 0.25) is 10.0 Å². The first-order chi connectivity index (χ1) is 8.49. The van der Waals surface area contributed by atoms with Crippen molar-refractivity contribution in [2.75, 3.05) is 0 Å². The Bertz CT molecular complexity index is 589. The highest BCUT2D eigenvalue weighted by Gasteiger charge is 2.16. The smallest absolute Gasteiger partial charge is 0.129 e. The van der Waals surface area contributed by atoms with E-state index in [1.54, 1.807) is 24.3 Å². The summed E-state index contributed by atoms with van der Waals surface area (Å²) in [5.74, 6) is -0.404. The standard InChI is InChI=1S/C13H9BrCl2FN/c14-10-6-12(17)9(5-11(10)16)13(18)7-2-1-3-8(15)4-7/h1-6,13H,18H2. The van der Waals surface area contributed by atoms with Gasteiger partial charge in [0.15, 0.2) is 0 Å². The topological polar surface area (TPSA) is 26.0 Å². The van der Waals surface area contributed by atoms with Gasteiger partial charge in [-0.1, -0.05) is 35.3 Å². The van der Waals surface area contributed by atoms with Crippen LogP contribution in [0.15, 0.2) is 40.9 Å². The molecule has 2 aromatic rings. The minimum atomic E-state index is -0.603. The predicted molar refractivity (Wildman–Crippen MR) is 76.6 cm³/mol. The van der Waals surface area contributed by atoms with Crippen LogP contribution in [-0.2, 0) is 0 Å². The van der Waals surface area contributed by atoms with Crippen LogP contribution in [0, 0.1) is 5.82 Å². The summed E-state index contributed by atoms with van der Waals surface area (Å²) >= 11 is 15.0. The van der Waals surface area contributed by atoms with Crippen LogP contribution in [0.5, 0.6) is 0 Å². The van der Waals surface area contributed by atoms with Crippen molar-refractivity contribution < 1.29 is 4.39 Å². The molecule has 0 aliphatic carbocycles. The number of hydrogen-bond acceptors (Lipinski definition) is 1. The fourth-order valence-corrected chi connectivity index (χ4v) is 2.34. The van der Waals surface area contributed by atoms with E-state index in [1.807, 2.05) is 0 Å². The largest absolute Gasteiger partial charge is 0.320 e. The first kappa shape index (κ1) is 13.8. The monoisotopic (exact) mass is 347 g/mol. The second kappa shape index (κ2) is 5.57. The van der Waals surface area contributed by atoms with Crippen LogP contribution in [0.4, 0.5) is 4.39 Å². The van der Waals surface area contributed by atoms with E-state index in [1.165, 1.54) is 12.1 Å². The molecule has 0 aliphatic rings. The first-order valence-corrected chi connectivity index (χ1v) is 6.69. The molecular weight excluding hydrogens is 340 g/mol. The molecule has 1 nitrogen and oxygen atoms in total. The number of nitrogens with two attached hydrogens (primary N) is 1. The summed E-state index contributed by atoms with van der Waals surface area (Å²) in [6, 6.07) is 9.25. The minimum absolute atomic E-state index is 0.338. The fraction of sp³-hybridized carbons (Fsp3) is 0.0769. The summed E-state index contributed by atoms with van der Waals surface area (Å²) < 4.78 is 14.4. The molecule has 1 atom stereocenters. The van der Waals surface area contributed by atoms with E-state index in [4.69, 9.17) is 28.9 Å².